The molecular formula is C21H24N6O. The number of nitrogens with one attached hydrogen (secondary N) is 3. The zero-order chi connectivity index (χ0) is 19.9. The molecule has 28 heavy (non-hydrogen) atoms. The van der Waals surface area contributed by atoms with Gasteiger partial charge in [0, 0.05) is 30.2 Å². The molecule has 7 heteroatoms. The second kappa shape index (κ2) is 8.94. The molecule has 0 saturated heterocycles. The molecule has 0 saturated carbocycles. The molecule has 3 rings (SSSR count). The summed E-state index contributed by atoms with van der Waals surface area (Å²) < 4.78 is 0. The van der Waals surface area contributed by atoms with Gasteiger partial charge in [0.1, 0.15) is 5.82 Å². The van der Waals surface area contributed by atoms with Crippen LogP contribution in [-0.4, -0.2) is 27.5 Å². The van der Waals surface area contributed by atoms with Gasteiger partial charge < -0.3 is 16.0 Å². The first-order chi connectivity index (χ1) is 13.6. The molecule has 2 amide bonds. The molecule has 1 aromatic carbocycles. The van der Waals surface area contributed by atoms with Crippen LogP contribution in [0.15, 0.2) is 55.1 Å². The van der Waals surface area contributed by atoms with Crippen LogP contribution in [0, 0.1) is 6.92 Å². The van der Waals surface area contributed by atoms with E-state index in [-0.39, 0.29) is 12.1 Å². The second-order valence-electron chi connectivity index (χ2n) is 6.46. The maximum Gasteiger partial charge on any atom is 0.319 e. The molecular weight excluding hydrogens is 352 g/mol. The highest BCUT2D eigenvalue weighted by Gasteiger charge is 2.09. The van der Waals surface area contributed by atoms with Crippen molar-refractivity contribution >= 4 is 17.5 Å². The van der Waals surface area contributed by atoms with Gasteiger partial charge in [-0.1, -0.05) is 12.1 Å². The minimum absolute atomic E-state index is 0.0589. The van der Waals surface area contributed by atoms with Gasteiger partial charge >= 0.3 is 6.03 Å². The molecule has 2 heterocycles. The number of urea groups is 1. The summed E-state index contributed by atoms with van der Waals surface area (Å²) in [5, 5.41) is 8.92. The lowest BCUT2D eigenvalue weighted by Gasteiger charge is -2.15. The Morgan fingerprint density at radius 1 is 1.14 bits per heavy atom. The predicted molar refractivity (Wildman–Crippen MR) is 111 cm³/mol. The zero-order valence-corrected chi connectivity index (χ0v) is 16.2. The van der Waals surface area contributed by atoms with Crippen LogP contribution in [0.5, 0.6) is 0 Å². The van der Waals surface area contributed by atoms with E-state index < -0.39 is 0 Å². The van der Waals surface area contributed by atoms with E-state index in [2.05, 4.69) is 37.8 Å². The number of amides is 2. The Morgan fingerprint density at radius 3 is 2.71 bits per heavy atom. The van der Waals surface area contributed by atoms with Crippen LogP contribution in [0.2, 0.25) is 0 Å². The third-order valence-corrected chi connectivity index (χ3v) is 4.29. The van der Waals surface area contributed by atoms with Crippen molar-refractivity contribution in [2.24, 2.45) is 0 Å². The van der Waals surface area contributed by atoms with Crippen molar-refractivity contribution in [3.63, 3.8) is 0 Å². The van der Waals surface area contributed by atoms with Crippen LogP contribution in [-0.2, 0) is 0 Å². The number of aromatic nitrogens is 3. The fourth-order valence-electron chi connectivity index (χ4n) is 2.80. The first-order valence-corrected chi connectivity index (χ1v) is 9.21. The van der Waals surface area contributed by atoms with Gasteiger partial charge in [-0.3, -0.25) is 9.97 Å². The molecule has 7 nitrogen and oxygen atoms in total. The van der Waals surface area contributed by atoms with Gasteiger partial charge in [-0.2, -0.15) is 0 Å². The van der Waals surface area contributed by atoms with Crippen LogP contribution >= 0.6 is 0 Å². The smallest absolute Gasteiger partial charge is 0.319 e. The summed E-state index contributed by atoms with van der Waals surface area (Å²) in [5.74, 6) is 0.691. The van der Waals surface area contributed by atoms with Crippen LogP contribution < -0.4 is 16.0 Å². The molecule has 1 atom stereocenters. The van der Waals surface area contributed by atoms with Gasteiger partial charge in [-0.25, -0.2) is 9.78 Å². The summed E-state index contributed by atoms with van der Waals surface area (Å²) in [4.78, 5) is 24.9. The highest BCUT2D eigenvalue weighted by molar-refractivity contribution is 5.90. The lowest BCUT2D eigenvalue weighted by molar-refractivity contribution is 0.252. The van der Waals surface area contributed by atoms with E-state index >= 15 is 0 Å². The number of hydrogen-bond donors (Lipinski definition) is 3. The van der Waals surface area contributed by atoms with Crippen LogP contribution in [0.1, 0.15) is 31.0 Å². The average molecular weight is 376 g/mol. The number of pyridine rings is 1. The van der Waals surface area contributed by atoms with E-state index in [9.17, 15) is 4.79 Å². The van der Waals surface area contributed by atoms with Gasteiger partial charge in [-0.05, 0) is 50.1 Å². The normalized spacial score (nSPS) is 11.5. The molecule has 1 unspecified atom stereocenters. The van der Waals surface area contributed by atoms with Crippen molar-refractivity contribution in [3.05, 3.63) is 66.2 Å². The Balaban J connectivity index is 1.76. The number of carbonyl (C=O) groups excluding carboxylic acids is 1. The Hall–Kier alpha value is -3.48. The highest BCUT2D eigenvalue weighted by Crippen LogP contribution is 2.25. The average Bonchev–Trinajstić information content (AvgIpc) is 2.70. The Morgan fingerprint density at radius 2 is 2.00 bits per heavy atom. The van der Waals surface area contributed by atoms with E-state index in [0.29, 0.717) is 12.4 Å². The van der Waals surface area contributed by atoms with Crippen molar-refractivity contribution in [1.82, 2.24) is 20.3 Å². The quantitative estimate of drug-likeness (QED) is 0.601. The maximum atomic E-state index is 11.7. The molecule has 3 N–H and O–H groups in total. The van der Waals surface area contributed by atoms with Crippen LogP contribution in [0.4, 0.5) is 16.3 Å². The van der Waals surface area contributed by atoms with Crippen molar-refractivity contribution in [1.29, 1.82) is 0 Å². The minimum atomic E-state index is -0.214. The summed E-state index contributed by atoms with van der Waals surface area (Å²) in [6, 6.07) is 9.56. The fraction of sp³-hybridized carbons (Fsp3) is 0.238. The molecule has 0 fully saturated rings. The summed E-state index contributed by atoms with van der Waals surface area (Å²) in [6.45, 7) is 6.46. The van der Waals surface area contributed by atoms with E-state index in [1.54, 1.807) is 18.6 Å². The lowest BCUT2D eigenvalue weighted by Crippen LogP contribution is -2.28. The van der Waals surface area contributed by atoms with E-state index in [4.69, 9.17) is 0 Å². The van der Waals surface area contributed by atoms with Crippen molar-refractivity contribution in [2.75, 3.05) is 17.2 Å². The largest absolute Gasteiger partial charge is 0.362 e. The Bertz CT molecular complexity index is 945. The van der Waals surface area contributed by atoms with Crippen molar-refractivity contribution in [2.45, 2.75) is 26.8 Å². The van der Waals surface area contributed by atoms with Gasteiger partial charge in [0.25, 0.3) is 0 Å². The van der Waals surface area contributed by atoms with Gasteiger partial charge in [0.2, 0.25) is 0 Å². The SMILES string of the molecule is CCNC(=O)Nc1ccc(-c2cncc(NC(C)c3cccnc3)n2)cc1C. The lowest BCUT2D eigenvalue weighted by atomic mass is 10.1. The maximum absolute atomic E-state index is 11.7. The molecule has 0 spiro atoms. The van der Waals surface area contributed by atoms with Crippen molar-refractivity contribution < 1.29 is 4.79 Å². The Labute approximate surface area is 164 Å². The van der Waals surface area contributed by atoms with E-state index in [1.807, 2.05) is 50.4 Å². The summed E-state index contributed by atoms with van der Waals surface area (Å²) in [5.41, 5.74) is 4.49. The van der Waals surface area contributed by atoms with Gasteiger partial charge in [0.05, 0.1) is 24.1 Å². The number of rotatable bonds is 6. The summed E-state index contributed by atoms with van der Waals surface area (Å²) in [7, 11) is 0. The molecule has 3 aromatic rings. The molecule has 0 aliphatic heterocycles. The molecule has 0 radical (unpaired) electrons. The Kier molecular flexibility index (Phi) is 6.16. The van der Waals surface area contributed by atoms with Gasteiger partial charge in [-0.15, -0.1) is 0 Å². The molecule has 2 aromatic heterocycles. The fourth-order valence-corrected chi connectivity index (χ4v) is 2.80. The number of benzene rings is 1. The summed E-state index contributed by atoms with van der Waals surface area (Å²) in [6.07, 6.45) is 7.02. The number of aryl methyl sites for hydroxylation is 1. The zero-order valence-electron chi connectivity index (χ0n) is 16.2. The third-order valence-electron chi connectivity index (χ3n) is 4.29. The minimum Gasteiger partial charge on any atom is -0.362 e. The first kappa shape index (κ1) is 19.3. The van der Waals surface area contributed by atoms with E-state index in [0.717, 1.165) is 28.1 Å². The topological polar surface area (TPSA) is 91.8 Å². The molecule has 144 valence electrons. The first-order valence-electron chi connectivity index (χ1n) is 9.21. The molecule has 0 aliphatic carbocycles. The molecule has 0 aliphatic rings. The van der Waals surface area contributed by atoms with Crippen LogP contribution in [0.3, 0.4) is 0 Å². The van der Waals surface area contributed by atoms with Gasteiger partial charge in [0.15, 0.2) is 0 Å². The van der Waals surface area contributed by atoms with Crippen LogP contribution in [0.25, 0.3) is 11.3 Å². The van der Waals surface area contributed by atoms with E-state index in [1.165, 1.54) is 0 Å². The number of anilines is 2. The number of carbonyl (C=O) groups is 1. The highest BCUT2D eigenvalue weighted by atomic mass is 16.2. The molecule has 0 bridgehead atoms. The second-order valence-corrected chi connectivity index (χ2v) is 6.46. The number of hydrogen-bond acceptors (Lipinski definition) is 5. The standard InChI is InChI=1S/C21H24N6O/c1-4-24-21(28)27-18-8-7-16(10-14(18)2)19-12-23-13-20(26-19)25-15(3)17-6-5-9-22-11-17/h5-13,15H,4H2,1-3H3,(H,25,26)(H2,24,27,28). The summed E-state index contributed by atoms with van der Waals surface area (Å²) >= 11 is 0. The third kappa shape index (κ3) is 4.82. The van der Waals surface area contributed by atoms with Crippen molar-refractivity contribution in [3.8, 4) is 11.3 Å². The predicted octanol–water partition coefficient (Wildman–Crippen LogP) is 4.16. The monoisotopic (exact) mass is 376 g/mol. The number of nitrogens with zero attached hydrogens (tertiary/aromatic N) is 3.